The van der Waals surface area contributed by atoms with Crippen molar-refractivity contribution < 1.29 is 4.74 Å². The number of halogens is 1. The number of aromatic nitrogens is 5. The second-order valence-corrected chi connectivity index (χ2v) is 6.41. The third-order valence-corrected chi connectivity index (χ3v) is 4.28. The highest BCUT2D eigenvalue weighted by molar-refractivity contribution is 6.30. The number of benzene rings is 1. The van der Waals surface area contributed by atoms with E-state index in [1.807, 2.05) is 37.3 Å². The normalized spacial score (nSPS) is 10.8. The van der Waals surface area contributed by atoms with Crippen molar-refractivity contribution in [3.8, 4) is 40.9 Å². The molecule has 4 aromatic rings. The Morgan fingerprint density at radius 1 is 1.21 bits per heavy atom. The van der Waals surface area contributed by atoms with Crippen LogP contribution >= 0.6 is 11.6 Å². The number of H-pyrrole nitrogens is 1. The van der Waals surface area contributed by atoms with Crippen molar-refractivity contribution in [2.75, 3.05) is 6.61 Å². The molecule has 28 heavy (non-hydrogen) atoms. The fourth-order valence-electron chi connectivity index (χ4n) is 2.84. The minimum absolute atomic E-state index is 0.0180. The van der Waals surface area contributed by atoms with Crippen LogP contribution in [0.1, 0.15) is 5.69 Å². The van der Waals surface area contributed by atoms with Gasteiger partial charge < -0.3 is 4.74 Å². The average Bonchev–Trinajstić information content (AvgIpc) is 3.07. The van der Waals surface area contributed by atoms with Gasteiger partial charge in [0.2, 0.25) is 0 Å². The van der Waals surface area contributed by atoms with Crippen LogP contribution in [0.3, 0.4) is 0 Å². The van der Waals surface area contributed by atoms with Crippen LogP contribution in [-0.2, 0) is 0 Å². The highest BCUT2D eigenvalue weighted by Gasteiger charge is 2.21. The van der Waals surface area contributed by atoms with Gasteiger partial charge in [-0.2, -0.15) is 14.6 Å². The summed E-state index contributed by atoms with van der Waals surface area (Å²) in [5.74, 6) is 2.34. The Hall–Kier alpha value is -3.63. The molecule has 1 N–H and O–H groups in total. The summed E-state index contributed by atoms with van der Waals surface area (Å²) in [5.41, 5.74) is 3.25. The summed E-state index contributed by atoms with van der Waals surface area (Å²) < 4.78 is 6.49. The first kappa shape index (κ1) is 17.8. The Morgan fingerprint density at radius 2 is 2.00 bits per heavy atom. The SMILES string of the molecule is C#CCOc1nc2c(-c3ccc(Cl)cc3)c(-c3cccc(C)n3)nn2c(=O)[nH]1. The molecule has 0 fully saturated rings. The second-order valence-electron chi connectivity index (χ2n) is 5.97. The lowest BCUT2D eigenvalue weighted by Gasteiger charge is -2.05. The number of fused-ring (bicyclic) bond motifs is 1. The Balaban J connectivity index is 2.04. The molecule has 0 aliphatic rings. The van der Waals surface area contributed by atoms with Crippen LogP contribution < -0.4 is 10.4 Å². The molecule has 0 unspecified atom stereocenters. The van der Waals surface area contributed by atoms with Gasteiger partial charge in [0.15, 0.2) is 12.3 Å². The topological polar surface area (TPSA) is 85.2 Å². The van der Waals surface area contributed by atoms with Crippen molar-refractivity contribution in [2.24, 2.45) is 0 Å². The van der Waals surface area contributed by atoms with E-state index in [9.17, 15) is 4.79 Å². The average molecular weight is 392 g/mol. The maximum absolute atomic E-state index is 12.5. The van der Waals surface area contributed by atoms with E-state index in [2.05, 4.69) is 26.0 Å². The maximum Gasteiger partial charge on any atom is 0.352 e. The van der Waals surface area contributed by atoms with Crippen LogP contribution in [0, 0.1) is 19.3 Å². The first-order valence-corrected chi connectivity index (χ1v) is 8.74. The van der Waals surface area contributed by atoms with Gasteiger partial charge in [-0.1, -0.05) is 35.7 Å². The van der Waals surface area contributed by atoms with Crippen LogP contribution in [0.4, 0.5) is 0 Å². The van der Waals surface area contributed by atoms with Crippen molar-refractivity contribution in [2.45, 2.75) is 6.92 Å². The lowest BCUT2D eigenvalue weighted by Crippen LogP contribution is -2.20. The predicted molar refractivity (Wildman–Crippen MR) is 106 cm³/mol. The smallest absolute Gasteiger partial charge is 0.352 e. The lowest BCUT2D eigenvalue weighted by molar-refractivity contribution is 0.337. The quantitative estimate of drug-likeness (QED) is 0.540. The third-order valence-electron chi connectivity index (χ3n) is 4.03. The fraction of sp³-hybridized carbons (Fsp3) is 0.100. The van der Waals surface area contributed by atoms with Crippen molar-refractivity contribution in [3.63, 3.8) is 0 Å². The molecule has 1 aromatic carbocycles. The first-order valence-electron chi connectivity index (χ1n) is 8.36. The monoisotopic (exact) mass is 391 g/mol. The van der Waals surface area contributed by atoms with Crippen molar-refractivity contribution in [1.82, 2.24) is 24.6 Å². The number of aromatic amines is 1. The molecule has 8 heteroatoms. The summed E-state index contributed by atoms with van der Waals surface area (Å²) >= 11 is 6.03. The maximum atomic E-state index is 12.5. The molecule has 0 radical (unpaired) electrons. The largest absolute Gasteiger partial charge is 0.451 e. The van der Waals surface area contributed by atoms with Gasteiger partial charge in [-0.3, -0.25) is 9.97 Å². The van der Waals surface area contributed by atoms with E-state index in [4.69, 9.17) is 22.8 Å². The number of hydrogen-bond acceptors (Lipinski definition) is 5. The molecule has 0 amide bonds. The van der Waals surface area contributed by atoms with Crippen LogP contribution in [0.25, 0.3) is 28.2 Å². The van der Waals surface area contributed by atoms with E-state index in [1.54, 1.807) is 12.1 Å². The summed E-state index contributed by atoms with van der Waals surface area (Å²) in [7, 11) is 0. The van der Waals surface area contributed by atoms with Crippen LogP contribution in [0.15, 0.2) is 47.3 Å². The van der Waals surface area contributed by atoms with E-state index in [0.717, 1.165) is 11.3 Å². The highest BCUT2D eigenvalue weighted by Crippen LogP contribution is 2.34. The fourth-order valence-corrected chi connectivity index (χ4v) is 2.96. The molecule has 4 rings (SSSR count). The standard InChI is InChI=1S/C20H14ClN5O2/c1-3-11-28-19-23-18-16(13-7-9-14(21)10-8-13)17(25-26(18)20(27)24-19)15-6-4-5-12(2)22-15/h1,4-10H,11H2,2H3,(H,23,24,27). The molecule has 0 saturated carbocycles. The first-order chi connectivity index (χ1) is 13.6. The molecular formula is C20H14ClN5O2. The van der Waals surface area contributed by atoms with E-state index < -0.39 is 5.69 Å². The third kappa shape index (κ3) is 3.21. The van der Waals surface area contributed by atoms with Crippen molar-refractivity contribution >= 4 is 17.2 Å². The highest BCUT2D eigenvalue weighted by atomic mass is 35.5. The zero-order valence-electron chi connectivity index (χ0n) is 14.8. The molecule has 7 nitrogen and oxygen atoms in total. The number of ether oxygens (including phenoxy) is 1. The van der Waals surface area contributed by atoms with E-state index >= 15 is 0 Å². The minimum Gasteiger partial charge on any atom is -0.451 e. The molecule has 0 bridgehead atoms. The molecule has 0 spiro atoms. The Kier molecular flexibility index (Phi) is 4.55. The zero-order chi connectivity index (χ0) is 19.7. The number of terminal acetylenes is 1. The molecule has 0 aliphatic heterocycles. The Bertz CT molecular complexity index is 1270. The summed E-state index contributed by atoms with van der Waals surface area (Å²) in [6.45, 7) is 1.87. The molecule has 0 saturated heterocycles. The van der Waals surface area contributed by atoms with Gasteiger partial charge in [0.05, 0.1) is 11.3 Å². The summed E-state index contributed by atoms with van der Waals surface area (Å²) in [6.07, 6.45) is 5.22. The van der Waals surface area contributed by atoms with Gasteiger partial charge in [-0.25, -0.2) is 4.79 Å². The van der Waals surface area contributed by atoms with Crippen LogP contribution in [0.2, 0.25) is 5.02 Å². The zero-order valence-corrected chi connectivity index (χ0v) is 15.6. The van der Waals surface area contributed by atoms with Gasteiger partial charge in [0.25, 0.3) is 0 Å². The van der Waals surface area contributed by atoms with Gasteiger partial charge in [-0.15, -0.1) is 6.42 Å². The van der Waals surface area contributed by atoms with Gasteiger partial charge >= 0.3 is 11.7 Å². The number of rotatable bonds is 4. The Labute approximate surface area is 165 Å². The molecular weight excluding hydrogens is 378 g/mol. The molecule has 3 heterocycles. The molecule has 0 atom stereocenters. The van der Waals surface area contributed by atoms with Gasteiger partial charge in [0, 0.05) is 10.7 Å². The number of nitrogens with one attached hydrogen (secondary N) is 1. The van der Waals surface area contributed by atoms with Crippen molar-refractivity contribution in [1.29, 1.82) is 0 Å². The Morgan fingerprint density at radius 3 is 2.71 bits per heavy atom. The summed E-state index contributed by atoms with van der Waals surface area (Å²) in [4.78, 5) is 24.0. The minimum atomic E-state index is -0.494. The number of pyridine rings is 1. The number of nitrogens with zero attached hydrogens (tertiary/aromatic N) is 4. The van der Waals surface area contributed by atoms with Gasteiger partial charge in [0.1, 0.15) is 5.69 Å². The van der Waals surface area contributed by atoms with Crippen LogP contribution in [0.5, 0.6) is 6.01 Å². The van der Waals surface area contributed by atoms with E-state index in [0.29, 0.717) is 27.6 Å². The lowest BCUT2D eigenvalue weighted by atomic mass is 10.0. The molecule has 0 aliphatic carbocycles. The summed E-state index contributed by atoms with van der Waals surface area (Å²) in [6, 6.07) is 12.8. The number of hydrogen-bond donors (Lipinski definition) is 1. The van der Waals surface area contributed by atoms with E-state index in [1.165, 1.54) is 4.52 Å². The predicted octanol–water partition coefficient (Wildman–Crippen LogP) is 3.12. The summed E-state index contributed by atoms with van der Waals surface area (Å²) in [5, 5.41) is 5.06. The van der Waals surface area contributed by atoms with Gasteiger partial charge in [-0.05, 0) is 36.8 Å². The van der Waals surface area contributed by atoms with E-state index in [-0.39, 0.29) is 12.6 Å². The van der Waals surface area contributed by atoms with Crippen molar-refractivity contribution in [3.05, 3.63) is 63.7 Å². The molecule has 138 valence electrons. The number of aryl methyl sites for hydroxylation is 1. The molecule has 3 aromatic heterocycles. The van der Waals surface area contributed by atoms with Crippen LogP contribution in [-0.4, -0.2) is 31.2 Å². The second kappa shape index (κ2) is 7.18.